The Morgan fingerprint density at radius 2 is 1.55 bits per heavy atom. The number of nitrogens with one attached hydrogen (secondary N) is 2. The Morgan fingerprint density at radius 1 is 0.898 bits per heavy atom. The highest BCUT2D eigenvalue weighted by Crippen LogP contribution is 2.19. The van der Waals surface area contributed by atoms with Gasteiger partial charge in [0.25, 0.3) is 5.97 Å². The number of carbonyl (C=O) groups is 4. The van der Waals surface area contributed by atoms with E-state index in [4.69, 9.17) is 32.8 Å². The van der Waals surface area contributed by atoms with Gasteiger partial charge in [0.1, 0.15) is 17.8 Å². The second-order valence-corrected chi connectivity index (χ2v) is 11.0. The van der Waals surface area contributed by atoms with E-state index in [-0.39, 0.29) is 49.5 Å². The molecule has 3 amide bonds. The number of likely N-dealkylation sites (N-methyl/N-ethyl adjacent to an activating group) is 1. The standard InChI is InChI=1S/C32H43N9O4.C2H4O2/c1-2-41(18-16-23-9-5-8-22-7-3-4-10-25(22)23)28(43)20-38-29(44)26(11-6-17-37-31(33)34)39-30(45)27(40-32(35)36)19-21-12-14-24(42)15-13-21;1-2(3)4/h3-5,7-10,12-15,26-27,42H,2,6,11,16-20H2,1H3,(H,38,44)(H,39,45)(H4,33,34,37)(H4,35,36,40);1H3,(H,3,4)/t26-,27+;/m1./s1. The van der Waals surface area contributed by atoms with E-state index in [1.165, 1.54) is 12.1 Å². The molecule has 0 unspecified atom stereocenters. The van der Waals surface area contributed by atoms with Crippen LogP contribution in [-0.4, -0.2) is 89.0 Å². The van der Waals surface area contributed by atoms with Crippen molar-refractivity contribution in [1.29, 1.82) is 0 Å². The summed E-state index contributed by atoms with van der Waals surface area (Å²) in [5, 5.41) is 24.7. The zero-order valence-corrected chi connectivity index (χ0v) is 27.8. The summed E-state index contributed by atoms with van der Waals surface area (Å²) in [5.41, 5.74) is 23.8. The van der Waals surface area contributed by atoms with Crippen LogP contribution in [0.15, 0.2) is 76.7 Å². The van der Waals surface area contributed by atoms with Crippen molar-refractivity contribution < 1.29 is 29.4 Å². The number of carboxylic acids is 1. The molecule has 3 aromatic carbocycles. The van der Waals surface area contributed by atoms with E-state index in [2.05, 4.69) is 44.9 Å². The number of benzene rings is 3. The maximum atomic E-state index is 13.3. The number of guanidine groups is 2. The van der Waals surface area contributed by atoms with Crippen molar-refractivity contribution in [2.24, 2.45) is 32.9 Å². The SMILES string of the molecule is CC(=O)O.CCN(CCc1cccc2ccccc12)C(=O)CNC(=O)[C@@H](CCCN=C(N)N)NC(=O)[C@H](Cc1ccc(O)cc1)N=C(N)N. The number of hydrogen-bond acceptors (Lipinski definition) is 7. The lowest BCUT2D eigenvalue weighted by Gasteiger charge is -2.24. The van der Waals surface area contributed by atoms with Crippen LogP contribution < -0.4 is 33.6 Å². The summed E-state index contributed by atoms with van der Waals surface area (Å²) in [5.74, 6) is -2.52. The molecule has 0 saturated carbocycles. The summed E-state index contributed by atoms with van der Waals surface area (Å²) >= 11 is 0. The van der Waals surface area contributed by atoms with Gasteiger partial charge in [-0.2, -0.15) is 0 Å². The van der Waals surface area contributed by atoms with Crippen LogP contribution in [-0.2, 0) is 32.0 Å². The van der Waals surface area contributed by atoms with Crippen LogP contribution in [0.5, 0.6) is 5.75 Å². The second kappa shape index (κ2) is 20.4. The molecule has 49 heavy (non-hydrogen) atoms. The molecule has 0 heterocycles. The third-order valence-electron chi connectivity index (χ3n) is 7.23. The lowest BCUT2D eigenvalue weighted by molar-refractivity contribution is -0.134. The van der Waals surface area contributed by atoms with Crippen molar-refractivity contribution in [3.05, 3.63) is 77.9 Å². The fourth-order valence-electron chi connectivity index (χ4n) is 4.90. The van der Waals surface area contributed by atoms with Crippen LogP contribution in [0, 0.1) is 0 Å². The van der Waals surface area contributed by atoms with E-state index in [0.29, 0.717) is 31.5 Å². The molecule has 3 aromatic rings. The fraction of sp³-hybridized carbons (Fsp3) is 0.353. The number of nitrogens with zero attached hydrogens (tertiary/aromatic N) is 3. The van der Waals surface area contributed by atoms with Crippen molar-refractivity contribution in [2.45, 2.75) is 51.6 Å². The molecule has 0 aliphatic carbocycles. The van der Waals surface area contributed by atoms with Gasteiger partial charge < -0.3 is 48.7 Å². The van der Waals surface area contributed by atoms with Crippen LogP contribution in [0.2, 0.25) is 0 Å². The summed E-state index contributed by atoms with van der Waals surface area (Å²) in [6.07, 6.45) is 1.34. The molecule has 0 saturated heterocycles. The normalized spacial score (nSPS) is 11.6. The number of phenolic OH excluding ortho intramolecular Hbond substituents is 1. The first-order valence-electron chi connectivity index (χ1n) is 15.7. The highest BCUT2D eigenvalue weighted by molar-refractivity contribution is 5.93. The van der Waals surface area contributed by atoms with Gasteiger partial charge in [0.05, 0.1) is 6.54 Å². The predicted molar refractivity (Wildman–Crippen MR) is 189 cm³/mol. The molecule has 0 aliphatic heterocycles. The van der Waals surface area contributed by atoms with Gasteiger partial charge in [0, 0.05) is 33.0 Å². The van der Waals surface area contributed by atoms with Crippen LogP contribution in [0.1, 0.15) is 37.8 Å². The molecule has 15 heteroatoms. The van der Waals surface area contributed by atoms with Crippen molar-refractivity contribution in [1.82, 2.24) is 15.5 Å². The molecule has 12 N–H and O–H groups in total. The zero-order chi connectivity index (χ0) is 36.3. The Morgan fingerprint density at radius 3 is 2.18 bits per heavy atom. The molecule has 2 atom stereocenters. The average Bonchev–Trinajstić information content (AvgIpc) is 3.05. The minimum Gasteiger partial charge on any atom is -0.508 e. The number of phenols is 1. The number of fused-ring (bicyclic) bond motifs is 1. The first kappa shape index (κ1) is 39.3. The van der Waals surface area contributed by atoms with Gasteiger partial charge in [-0.3, -0.25) is 24.2 Å². The summed E-state index contributed by atoms with van der Waals surface area (Å²) in [4.78, 5) is 58.4. The lowest BCUT2D eigenvalue weighted by atomic mass is 10.0. The first-order chi connectivity index (χ1) is 23.3. The highest BCUT2D eigenvalue weighted by Gasteiger charge is 2.26. The van der Waals surface area contributed by atoms with Crippen molar-refractivity contribution in [2.75, 3.05) is 26.2 Å². The van der Waals surface area contributed by atoms with Gasteiger partial charge in [-0.05, 0) is 60.2 Å². The number of carboxylic acid groups (broad SMARTS) is 1. The monoisotopic (exact) mass is 677 g/mol. The largest absolute Gasteiger partial charge is 0.508 e. The topological polar surface area (TPSA) is 265 Å². The quantitative estimate of drug-likeness (QED) is 0.0593. The van der Waals surface area contributed by atoms with E-state index in [1.54, 1.807) is 17.0 Å². The number of nitrogens with two attached hydrogens (primary N) is 4. The second-order valence-electron chi connectivity index (χ2n) is 11.0. The van der Waals surface area contributed by atoms with Gasteiger partial charge in [-0.25, -0.2) is 4.99 Å². The molecule has 0 aromatic heterocycles. The van der Waals surface area contributed by atoms with Gasteiger partial charge in [-0.15, -0.1) is 0 Å². The van der Waals surface area contributed by atoms with Crippen molar-refractivity contribution in [3.8, 4) is 5.75 Å². The molecule has 264 valence electrons. The van der Waals surface area contributed by atoms with Crippen molar-refractivity contribution >= 4 is 46.4 Å². The Kier molecular flexibility index (Phi) is 16.4. The minimum absolute atomic E-state index is 0.0730. The summed E-state index contributed by atoms with van der Waals surface area (Å²) in [7, 11) is 0. The van der Waals surface area contributed by atoms with Crippen LogP contribution in [0.3, 0.4) is 0 Å². The highest BCUT2D eigenvalue weighted by atomic mass is 16.4. The number of aliphatic imine (C=N–C) groups is 2. The molecule has 0 aliphatic rings. The summed E-state index contributed by atoms with van der Waals surface area (Å²) in [6.45, 7) is 3.91. The van der Waals surface area contributed by atoms with E-state index in [9.17, 15) is 19.5 Å². The van der Waals surface area contributed by atoms with Gasteiger partial charge in [0.15, 0.2) is 11.9 Å². The number of rotatable bonds is 16. The lowest BCUT2D eigenvalue weighted by Crippen LogP contribution is -2.52. The number of hydrogen-bond donors (Lipinski definition) is 8. The van der Waals surface area contributed by atoms with Crippen LogP contribution in [0.25, 0.3) is 10.8 Å². The van der Waals surface area contributed by atoms with Crippen LogP contribution >= 0.6 is 0 Å². The van der Waals surface area contributed by atoms with E-state index in [0.717, 1.165) is 23.3 Å². The maximum Gasteiger partial charge on any atom is 0.300 e. The van der Waals surface area contributed by atoms with Crippen LogP contribution in [0.4, 0.5) is 0 Å². The minimum atomic E-state index is -1.04. The van der Waals surface area contributed by atoms with Gasteiger partial charge in [0.2, 0.25) is 17.7 Å². The first-order valence-corrected chi connectivity index (χ1v) is 15.7. The maximum absolute atomic E-state index is 13.3. The molecule has 0 radical (unpaired) electrons. The van der Waals surface area contributed by atoms with E-state index >= 15 is 0 Å². The Balaban J connectivity index is 0.00000197. The average molecular weight is 678 g/mol. The Labute approximate surface area is 285 Å². The van der Waals surface area contributed by atoms with E-state index < -0.39 is 29.9 Å². The summed E-state index contributed by atoms with van der Waals surface area (Å²) in [6, 6.07) is 18.4. The third kappa shape index (κ3) is 14.6. The van der Waals surface area contributed by atoms with Gasteiger partial charge >= 0.3 is 0 Å². The molecule has 0 fully saturated rings. The number of aromatic hydroxyl groups is 1. The summed E-state index contributed by atoms with van der Waals surface area (Å²) < 4.78 is 0. The number of aliphatic carboxylic acids is 1. The molecule has 0 spiro atoms. The smallest absolute Gasteiger partial charge is 0.300 e. The van der Waals surface area contributed by atoms with E-state index in [1.807, 2.05) is 25.1 Å². The van der Waals surface area contributed by atoms with Gasteiger partial charge in [-0.1, -0.05) is 54.6 Å². The third-order valence-corrected chi connectivity index (χ3v) is 7.23. The molecule has 3 rings (SSSR count). The Hall–Kier alpha value is -5.86. The molecular weight excluding hydrogens is 630 g/mol. The zero-order valence-electron chi connectivity index (χ0n) is 27.8. The van der Waals surface area contributed by atoms with Crippen molar-refractivity contribution in [3.63, 3.8) is 0 Å². The fourth-order valence-corrected chi connectivity index (χ4v) is 4.90. The predicted octanol–water partition coefficient (Wildman–Crippen LogP) is 0.567. The molecule has 0 bridgehead atoms. The Bertz CT molecular complexity index is 1590. The molecule has 15 nitrogen and oxygen atoms in total. The molecular formula is C34H47N9O6. The number of carbonyl (C=O) groups excluding carboxylic acids is 3. The number of amides is 3.